The SMILES string of the molecule is O=C(O)Cn1cc(C(=O)NCCNC(=O)C2CC2)nn1. The van der Waals surface area contributed by atoms with E-state index in [1.807, 2.05) is 0 Å². The Kier molecular flexibility index (Phi) is 4.28. The lowest BCUT2D eigenvalue weighted by Gasteiger charge is -2.04. The zero-order valence-corrected chi connectivity index (χ0v) is 10.7. The maximum atomic E-state index is 11.6. The first-order valence-electron chi connectivity index (χ1n) is 6.24. The molecule has 1 fully saturated rings. The summed E-state index contributed by atoms with van der Waals surface area (Å²) in [6, 6.07) is 0. The molecule has 0 aliphatic heterocycles. The van der Waals surface area contributed by atoms with Crippen molar-refractivity contribution >= 4 is 17.8 Å². The third kappa shape index (κ3) is 4.04. The monoisotopic (exact) mass is 281 g/mol. The lowest BCUT2D eigenvalue weighted by Crippen LogP contribution is -2.35. The fraction of sp³-hybridized carbons (Fsp3) is 0.545. The molecule has 0 bridgehead atoms. The maximum Gasteiger partial charge on any atom is 0.325 e. The number of amides is 2. The summed E-state index contributed by atoms with van der Waals surface area (Å²) in [7, 11) is 0. The second-order valence-electron chi connectivity index (χ2n) is 4.52. The van der Waals surface area contributed by atoms with E-state index in [-0.39, 0.29) is 30.6 Å². The predicted molar refractivity (Wildman–Crippen MR) is 65.7 cm³/mol. The van der Waals surface area contributed by atoms with Gasteiger partial charge < -0.3 is 15.7 Å². The van der Waals surface area contributed by atoms with Gasteiger partial charge in [-0.05, 0) is 12.8 Å². The number of carbonyl (C=O) groups excluding carboxylic acids is 2. The van der Waals surface area contributed by atoms with Crippen molar-refractivity contribution in [1.29, 1.82) is 0 Å². The quantitative estimate of drug-likeness (QED) is 0.529. The van der Waals surface area contributed by atoms with Crippen LogP contribution in [0.1, 0.15) is 23.3 Å². The molecule has 2 rings (SSSR count). The van der Waals surface area contributed by atoms with Gasteiger partial charge in [0.15, 0.2) is 5.69 Å². The van der Waals surface area contributed by atoms with Gasteiger partial charge in [0.2, 0.25) is 5.91 Å². The Hall–Kier alpha value is -2.45. The molecule has 1 saturated carbocycles. The molecule has 1 aromatic rings. The third-order valence-electron chi connectivity index (χ3n) is 2.73. The van der Waals surface area contributed by atoms with E-state index in [9.17, 15) is 14.4 Å². The van der Waals surface area contributed by atoms with E-state index < -0.39 is 11.9 Å². The van der Waals surface area contributed by atoms with Crippen LogP contribution in [0.5, 0.6) is 0 Å². The summed E-state index contributed by atoms with van der Waals surface area (Å²) >= 11 is 0. The Morgan fingerprint density at radius 3 is 2.65 bits per heavy atom. The highest BCUT2D eigenvalue weighted by molar-refractivity contribution is 5.91. The number of carboxylic acid groups (broad SMARTS) is 1. The van der Waals surface area contributed by atoms with Gasteiger partial charge in [-0.25, -0.2) is 4.68 Å². The van der Waals surface area contributed by atoms with Crippen LogP contribution in [0.25, 0.3) is 0 Å². The van der Waals surface area contributed by atoms with Gasteiger partial charge in [-0.1, -0.05) is 5.21 Å². The lowest BCUT2D eigenvalue weighted by molar-refractivity contribution is -0.138. The van der Waals surface area contributed by atoms with Crippen LogP contribution in [0.3, 0.4) is 0 Å². The first kappa shape index (κ1) is 14.0. The molecular formula is C11H15N5O4. The number of carboxylic acids is 1. The highest BCUT2D eigenvalue weighted by Crippen LogP contribution is 2.28. The normalized spacial score (nSPS) is 13.8. The van der Waals surface area contributed by atoms with Crippen molar-refractivity contribution in [2.45, 2.75) is 19.4 Å². The van der Waals surface area contributed by atoms with Gasteiger partial charge >= 0.3 is 5.97 Å². The summed E-state index contributed by atoms with van der Waals surface area (Å²) in [5.41, 5.74) is 0.0415. The molecule has 1 aliphatic rings. The molecule has 0 saturated heterocycles. The summed E-state index contributed by atoms with van der Waals surface area (Å²) in [6.07, 6.45) is 3.13. The van der Waals surface area contributed by atoms with Gasteiger partial charge in [0.25, 0.3) is 5.91 Å². The van der Waals surface area contributed by atoms with Crippen molar-refractivity contribution in [2.75, 3.05) is 13.1 Å². The Balaban J connectivity index is 1.69. The summed E-state index contributed by atoms with van der Waals surface area (Å²) in [6.45, 7) is 0.283. The summed E-state index contributed by atoms with van der Waals surface area (Å²) < 4.78 is 1.06. The van der Waals surface area contributed by atoms with Gasteiger partial charge in [-0.15, -0.1) is 5.10 Å². The number of nitrogens with one attached hydrogen (secondary N) is 2. The number of aliphatic carboxylic acids is 1. The maximum absolute atomic E-state index is 11.6. The number of nitrogens with zero attached hydrogens (tertiary/aromatic N) is 3. The number of hydrogen-bond acceptors (Lipinski definition) is 5. The van der Waals surface area contributed by atoms with Gasteiger partial charge in [-0.2, -0.15) is 0 Å². The minimum absolute atomic E-state index is 0.0200. The highest BCUT2D eigenvalue weighted by atomic mass is 16.4. The van der Waals surface area contributed by atoms with E-state index in [1.54, 1.807) is 0 Å². The molecular weight excluding hydrogens is 266 g/mol. The first-order valence-corrected chi connectivity index (χ1v) is 6.24. The van der Waals surface area contributed by atoms with Crippen molar-refractivity contribution in [3.8, 4) is 0 Å². The molecule has 1 aromatic heterocycles. The Labute approximate surface area is 114 Å². The smallest absolute Gasteiger partial charge is 0.325 e. The molecule has 0 radical (unpaired) electrons. The number of carbonyl (C=O) groups is 3. The molecule has 0 unspecified atom stereocenters. The van der Waals surface area contributed by atoms with Crippen molar-refractivity contribution in [2.24, 2.45) is 5.92 Å². The zero-order chi connectivity index (χ0) is 14.5. The van der Waals surface area contributed by atoms with Gasteiger partial charge in [0.05, 0.1) is 6.20 Å². The van der Waals surface area contributed by atoms with E-state index in [0.29, 0.717) is 6.54 Å². The van der Waals surface area contributed by atoms with E-state index in [1.165, 1.54) is 6.20 Å². The molecule has 1 aliphatic carbocycles. The third-order valence-corrected chi connectivity index (χ3v) is 2.73. The zero-order valence-electron chi connectivity index (χ0n) is 10.7. The van der Waals surface area contributed by atoms with Crippen molar-refractivity contribution in [3.63, 3.8) is 0 Å². The summed E-state index contributed by atoms with van der Waals surface area (Å²) in [5.74, 6) is -1.36. The van der Waals surface area contributed by atoms with Crippen LogP contribution in [0.4, 0.5) is 0 Å². The first-order chi connectivity index (χ1) is 9.56. The van der Waals surface area contributed by atoms with Crippen LogP contribution in [0.2, 0.25) is 0 Å². The molecule has 0 atom stereocenters. The number of aromatic nitrogens is 3. The van der Waals surface area contributed by atoms with Crippen molar-refractivity contribution in [3.05, 3.63) is 11.9 Å². The Morgan fingerprint density at radius 1 is 1.30 bits per heavy atom. The van der Waals surface area contributed by atoms with Crippen LogP contribution >= 0.6 is 0 Å². The molecule has 1 heterocycles. The van der Waals surface area contributed by atoms with Gasteiger partial charge in [0.1, 0.15) is 6.54 Å². The molecule has 2 amide bonds. The average molecular weight is 281 g/mol. The fourth-order valence-corrected chi connectivity index (χ4v) is 1.56. The van der Waals surface area contributed by atoms with E-state index in [0.717, 1.165) is 17.5 Å². The molecule has 3 N–H and O–H groups in total. The molecule has 108 valence electrons. The lowest BCUT2D eigenvalue weighted by atomic mass is 10.4. The van der Waals surface area contributed by atoms with Crippen LogP contribution in [0, 0.1) is 5.92 Å². The van der Waals surface area contributed by atoms with E-state index in [2.05, 4.69) is 20.9 Å². The van der Waals surface area contributed by atoms with Crippen LogP contribution in [-0.2, 0) is 16.1 Å². The average Bonchev–Trinajstić information content (AvgIpc) is 3.14. The van der Waals surface area contributed by atoms with Crippen LogP contribution in [0.15, 0.2) is 6.20 Å². The van der Waals surface area contributed by atoms with E-state index >= 15 is 0 Å². The summed E-state index contributed by atoms with van der Waals surface area (Å²) in [4.78, 5) is 33.4. The van der Waals surface area contributed by atoms with E-state index in [4.69, 9.17) is 5.11 Å². The van der Waals surface area contributed by atoms with Gasteiger partial charge in [0, 0.05) is 19.0 Å². The minimum atomic E-state index is -1.07. The van der Waals surface area contributed by atoms with Crippen LogP contribution in [-0.4, -0.2) is 51.0 Å². The standard InChI is InChI=1S/C11H15N5O4/c17-9(18)6-16-5-8(14-15-16)11(20)13-4-3-12-10(19)7-1-2-7/h5,7H,1-4,6H2,(H,12,19)(H,13,20)(H,17,18). The number of hydrogen-bond donors (Lipinski definition) is 3. The highest BCUT2D eigenvalue weighted by Gasteiger charge is 2.29. The Morgan fingerprint density at radius 2 is 2.00 bits per heavy atom. The molecule has 9 heteroatoms. The predicted octanol–water partition coefficient (Wildman–Crippen LogP) is -1.38. The molecule has 0 aromatic carbocycles. The van der Waals surface area contributed by atoms with Crippen molar-refractivity contribution < 1.29 is 19.5 Å². The minimum Gasteiger partial charge on any atom is -0.480 e. The summed E-state index contributed by atoms with van der Waals surface area (Å²) in [5, 5.41) is 20.9. The van der Waals surface area contributed by atoms with Gasteiger partial charge in [-0.3, -0.25) is 14.4 Å². The topological polar surface area (TPSA) is 126 Å². The second-order valence-corrected chi connectivity index (χ2v) is 4.52. The number of rotatable bonds is 7. The second kappa shape index (κ2) is 6.13. The van der Waals surface area contributed by atoms with Crippen LogP contribution < -0.4 is 10.6 Å². The fourth-order valence-electron chi connectivity index (χ4n) is 1.56. The van der Waals surface area contributed by atoms with Crippen molar-refractivity contribution in [1.82, 2.24) is 25.6 Å². The largest absolute Gasteiger partial charge is 0.480 e. The molecule has 9 nitrogen and oxygen atoms in total. The Bertz CT molecular complexity index is 523. The molecule has 20 heavy (non-hydrogen) atoms. The molecule has 0 spiro atoms.